The SMILES string of the molecule is CCCOc1ccc(C2CCC(CCC3CCC(CCC)CC3)CC2)c(F)c1F. The maximum absolute atomic E-state index is 14.6. The number of rotatable bonds is 9. The Morgan fingerprint density at radius 1 is 0.724 bits per heavy atom. The summed E-state index contributed by atoms with van der Waals surface area (Å²) >= 11 is 0. The minimum Gasteiger partial charge on any atom is -0.490 e. The maximum atomic E-state index is 14.6. The molecule has 0 saturated heterocycles. The Morgan fingerprint density at radius 2 is 1.28 bits per heavy atom. The molecule has 0 radical (unpaired) electrons. The lowest BCUT2D eigenvalue weighted by Crippen LogP contribution is -2.18. The lowest BCUT2D eigenvalue weighted by Gasteiger charge is -2.32. The normalized spacial score (nSPS) is 27.7. The third kappa shape index (κ3) is 6.18. The molecule has 0 N–H and O–H groups in total. The molecule has 0 amide bonds. The summed E-state index contributed by atoms with van der Waals surface area (Å²) in [5, 5.41) is 0. The fourth-order valence-electron chi connectivity index (χ4n) is 5.64. The van der Waals surface area contributed by atoms with Crippen molar-refractivity contribution in [2.24, 2.45) is 17.8 Å². The van der Waals surface area contributed by atoms with Gasteiger partial charge in [0, 0.05) is 0 Å². The molecular weight excluding hydrogens is 366 g/mol. The van der Waals surface area contributed by atoms with Crippen LogP contribution < -0.4 is 4.74 Å². The van der Waals surface area contributed by atoms with E-state index in [0.29, 0.717) is 12.2 Å². The molecule has 0 atom stereocenters. The number of hydrogen-bond acceptors (Lipinski definition) is 1. The van der Waals surface area contributed by atoms with Crippen molar-refractivity contribution in [3.63, 3.8) is 0 Å². The van der Waals surface area contributed by atoms with Crippen LogP contribution in [0.1, 0.15) is 109 Å². The van der Waals surface area contributed by atoms with Gasteiger partial charge in [-0.25, -0.2) is 4.39 Å². The summed E-state index contributed by atoms with van der Waals surface area (Å²) in [5.41, 5.74) is 0.555. The Balaban J connectivity index is 1.43. The standard InChI is InChI=1S/C26H40F2O/c1-3-5-19-6-8-20(9-7-19)10-11-21-12-14-22(15-13-21)23-16-17-24(29-18-4-2)26(28)25(23)27/h16-17,19-22H,3-15,18H2,1-2H3. The second-order valence-electron chi connectivity index (χ2n) is 9.60. The molecule has 1 aromatic rings. The first-order valence-corrected chi connectivity index (χ1v) is 12.2. The number of halogens is 2. The Kier molecular flexibility index (Phi) is 8.81. The van der Waals surface area contributed by atoms with Crippen LogP contribution >= 0.6 is 0 Å². The number of benzene rings is 1. The monoisotopic (exact) mass is 406 g/mol. The van der Waals surface area contributed by atoms with E-state index in [1.165, 1.54) is 51.4 Å². The van der Waals surface area contributed by atoms with Gasteiger partial charge in [0.2, 0.25) is 5.82 Å². The topological polar surface area (TPSA) is 9.23 Å². The van der Waals surface area contributed by atoms with E-state index in [2.05, 4.69) is 6.92 Å². The van der Waals surface area contributed by atoms with Crippen LogP contribution in [-0.4, -0.2) is 6.61 Å². The van der Waals surface area contributed by atoms with Crippen molar-refractivity contribution in [1.82, 2.24) is 0 Å². The first kappa shape index (κ1) is 22.6. The van der Waals surface area contributed by atoms with Crippen LogP contribution in [0.15, 0.2) is 12.1 Å². The zero-order valence-electron chi connectivity index (χ0n) is 18.5. The van der Waals surface area contributed by atoms with Crippen LogP contribution in [0.25, 0.3) is 0 Å². The van der Waals surface area contributed by atoms with E-state index in [4.69, 9.17) is 4.74 Å². The molecule has 2 aliphatic rings. The fourth-order valence-corrected chi connectivity index (χ4v) is 5.64. The first-order valence-electron chi connectivity index (χ1n) is 12.2. The molecule has 2 saturated carbocycles. The fraction of sp³-hybridized carbons (Fsp3) is 0.769. The molecule has 0 spiro atoms. The maximum Gasteiger partial charge on any atom is 0.200 e. The zero-order valence-corrected chi connectivity index (χ0v) is 18.5. The molecule has 3 rings (SSSR count). The molecule has 1 aromatic carbocycles. The lowest BCUT2D eigenvalue weighted by molar-refractivity contribution is 0.223. The first-order chi connectivity index (χ1) is 14.1. The lowest BCUT2D eigenvalue weighted by atomic mass is 9.74. The summed E-state index contributed by atoms with van der Waals surface area (Å²) < 4.78 is 34.2. The van der Waals surface area contributed by atoms with Crippen molar-refractivity contribution in [3.05, 3.63) is 29.3 Å². The third-order valence-electron chi connectivity index (χ3n) is 7.47. The van der Waals surface area contributed by atoms with Gasteiger partial charge in [-0.3, -0.25) is 0 Å². The van der Waals surface area contributed by atoms with Crippen LogP contribution in [0.5, 0.6) is 5.75 Å². The largest absolute Gasteiger partial charge is 0.490 e. The van der Waals surface area contributed by atoms with Crippen LogP contribution in [0, 0.1) is 29.4 Å². The molecule has 2 aliphatic carbocycles. The van der Waals surface area contributed by atoms with E-state index in [9.17, 15) is 8.78 Å². The van der Waals surface area contributed by atoms with Gasteiger partial charge in [-0.1, -0.05) is 71.3 Å². The predicted molar refractivity (Wildman–Crippen MR) is 116 cm³/mol. The summed E-state index contributed by atoms with van der Waals surface area (Å²) in [5.74, 6) is 1.41. The highest BCUT2D eigenvalue weighted by molar-refractivity contribution is 5.33. The van der Waals surface area contributed by atoms with Gasteiger partial charge < -0.3 is 4.74 Å². The smallest absolute Gasteiger partial charge is 0.200 e. The van der Waals surface area contributed by atoms with Crippen molar-refractivity contribution in [2.45, 2.75) is 103 Å². The van der Waals surface area contributed by atoms with Gasteiger partial charge in [0.25, 0.3) is 0 Å². The molecule has 0 unspecified atom stereocenters. The van der Waals surface area contributed by atoms with E-state index in [1.807, 2.05) is 6.92 Å². The Bertz CT molecular complexity index is 613. The van der Waals surface area contributed by atoms with E-state index in [0.717, 1.165) is 49.9 Å². The van der Waals surface area contributed by atoms with E-state index in [1.54, 1.807) is 12.1 Å². The van der Waals surface area contributed by atoms with Crippen molar-refractivity contribution in [3.8, 4) is 5.75 Å². The average Bonchev–Trinajstić information content (AvgIpc) is 2.75. The minimum absolute atomic E-state index is 0.0513. The highest BCUT2D eigenvalue weighted by Crippen LogP contribution is 2.41. The van der Waals surface area contributed by atoms with Crippen molar-refractivity contribution in [2.75, 3.05) is 6.61 Å². The quantitative estimate of drug-likeness (QED) is 0.400. The molecule has 29 heavy (non-hydrogen) atoms. The highest BCUT2D eigenvalue weighted by atomic mass is 19.2. The molecule has 0 aliphatic heterocycles. The van der Waals surface area contributed by atoms with Crippen LogP contribution in [0.2, 0.25) is 0 Å². The van der Waals surface area contributed by atoms with Gasteiger partial charge in [0.15, 0.2) is 11.6 Å². The van der Waals surface area contributed by atoms with E-state index >= 15 is 0 Å². The van der Waals surface area contributed by atoms with Gasteiger partial charge in [-0.15, -0.1) is 0 Å². The second kappa shape index (κ2) is 11.3. The van der Waals surface area contributed by atoms with Crippen LogP contribution in [-0.2, 0) is 0 Å². The Hall–Kier alpha value is -1.12. The third-order valence-corrected chi connectivity index (χ3v) is 7.47. The van der Waals surface area contributed by atoms with Gasteiger partial charge in [-0.05, 0) is 67.4 Å². The Labute approximate surface area is 176 Å². The predicted octanol–water partition coefficient (Wildman–Crippen LogP) is 8.41. The molecule has 164 valence electrons. The minimum atomic E-state index is -0.809. The van der Waals surface area contributed by atoms with Crippen LogP contribution in [0.4, 0.5) is 8.78 Å². The molecule has 0 aromatic heterocycles. The van der Waals surface area contributed by atoms with Gasteiger partial charge in [0.05, 0.1) is 6.61 Å². The van der Waals surface area contributed by atoms with Gasteiger partial charge >= 0.3 is 0 Å². The van der Waals surface area contributed by atoms with E-state index in [-0.39, 0.29) is 11.7 Å². The second-order valence-corrected chi connectivity index (χ2v) is 9.60. The summed E-state index contributed by atoms with van der Waals surface area (Å²) in [7, 11) is 0. The summed E-state index contributed by atoms with van der Waals surface area (Å²) in [6.45, 7) is 4.68. The molecule has 3 heteroatoms. The number of ether oxygens (including phenoxy) is 1. The number of hydrogen-bond donors (Lipinski definition) is 0. The van der Waals surface area contributed by atoms with Gasteiger partial charge in [0.1, 0.15) is 0 Å². The molecule has 0 heterocycles. The molecular formula is C26H40F2O. The van der Waals surface area contributed by atoms with Crippen molar-refractivity contribution in [1.29, 1.82) is 0 Å². The Morgan fingerprint density at radius 3 is 1.83 bits per heavy atom. The molecule has 0 bridgehead atoms. The van der Waals surface area contributed by atoms with Crippen LogP contribution in [0.3, 0.4) is 0 Å². The average molecular weight is 407 g/mol. The van der Waals surface area contributed by atoms with Gasteiger partial charge in [-0.2, -0.15) is 4.39 Å². The summed E-state index contributed by atoms with van der Waals surface area (Å²) in [6, 6.07) is 3.37. The van der Waals surface area contributed by atoms with Crippen molar-refractivity contribution >= 4 is 0 Å². The summed E-state index contributed by atoms with van der Waals surface area (Å²) in [4.78, 5) is 0. The molecule has 1 nitrogen and oxygen atoms in total. The van der Waals surface area contributed by atoms with E-state index < -0.39 is 11.6 Å². The summed E-state index contributed by atoms with van der Waals surface area (Å²) in [6.07, 6.45) is 16.3. The highest BCUT2D eigenvalue weighted by Gasteiger charge is 2.28. The zero-order chi connectivity index (χ0) is 20.6. The molecule has 2 fully saturated rings. The van der Waals surface area contributed by atoms with Crippen molar-refractivity contribution < 1.29 is 13.5 Å².